The molecule has 0 aliphatic heterocycles. The van der Waals surface area contributed by atoms with Gasteiger partial charge in [0.1, 0.15) is 11.3 Å². The summed E-state index contributed by atoms with van der Waals surface area (Å²) in [5.74, 6) is 0.883. The maximum absolute atomic E-state index is 6.08. The summed E-state index contributed by atoms with van der Waals surface area (Å²) in [5, 5.41) is 5.03. The van der Waals surface area contributed by atoms with Crippen LogP contribution in [0.5, 0.6) is 0 Å². The fraction of sp³-hybridized carbons (Fsp3) is 0.133. The van der Waals surface area contributed by atoms with Crippen molar-refractivity contribution in [1.29, 1.82) is 0 Å². The Labute approximate surface area is 116 Å². The number of hydrogen-bond donors (Lipinski definition) is 1. The van der Waals surface area contributed by atoms with E-state index in [0.717, 1.165) is 22.4 Å². The smallest absolute Gasteiger partial charge is 0.134 e. The number of pyridine rings is 1. The topological polar surface area (TPSA) is 38.1 Å². The van der Waals surface area contributed by atoms with Crippen molar-refractivity contribution < 1.29 is 4.42 Å². The molecule has 1 N–H and O–H groups in total. The van der Waals surface area contributed by atoms with Crippen molar-refractivity contribution in [2.45, 2.75) is 13.0 Å². The van der Waals surface area contributed by atoms with E-state index in [9.17, 15) is 0 Å². The normalized spacial score (nSPS) is 12.5. The first-order chi connectivity index (χ1) is 9.24. The summed E-state index contributed by atoms with van der Waals surface area (Å²) in [5.41, 5.74) is 1.75. The van der Waals surface area contributed by atoms with E-state index >= 15 is 0 Å². The molecule has 0 aliphatic rings. The third kappa shape index (κ3) is 2.42. The summed E-state index contributed by atoms with van der Waals surface area (Å²) >= 11 is 6.08. The SMILES string of the molecule is CC(Nc1ccncc1Cl)c1cc2ccccc2o1. The average Bonchev–Trinajstić information content (AvgIpc) is 2.85. The van der Waals surface area contributed by atoms with E-state index in [0.29, 0.717) is 5.02 Å². The number of rotatable bonds is 3. The van der Waals surface area contributed by atoms with Crippen molar-refractivity contribution >= 4 is 28.3 Å². The number of anilines is 1. The lowest BCUT2D eigenvalue weighted by Gasteiger charge is -2.13. The summed E-state index contributed by atoms with van der Waals surface area (Å²) in [4.78, 5) is 3.96. The van der Waals surface area contributed by atoms with Gasteiger partial charge in [0.05, 0.1) is 16.8 Å². The van der Waals surface area contributed by atoms with Crippen LogP contribution in [0, 0.1) is 0 Å². The Hall–Kier alpha value is -2.00. The molecule has 1 atom stereocenters. The molecule has 96 valence electrons. The Morgan fingerprint density at radius 3 is 2.89 bits per heavy atom. The largest absolute Gasteiger partial charge is 0.459 e. The number of furan rings is 1. The van der Waals surface area contributed by atoms with Crippen molar-refractivity contribution in [3.8, 4) is 0 Å². The lowest BCUT2D eigenvalue weighted by atomic mass is 10.2. The van der Waals surface area contributed by atoms with Crippen LogP contribution in [0.25, 0.3) is 11.0 Å². The van der Waals surface area contributed by atoms with E-state index < -0.39 is 0 Å². The van der Waals surface area contributed by atoms with Gasteiger partial charge in [-0.3, -0.25) is 4.98 Å². The monoisotopic (exact) mass is 272 g/mol. The van der Waals surface area contributed by atoms with E-state index in [2.05, 4.69) is 10.3 Å². The van der Waals surface area contributed by atoms with Crippen LogP contribution in [0.3, 0.4) is 0 Å². The molecule has 0 aliphatic carbocycles. The fourth-order valence-corrected chi connectivity index (χ4v) is 2.19. The van der Waals surface area contributed by atoms with Crippen LogP contribution in [0.4, 0.5) is 5.69 Å². The highest BCUT2D eigenvalue weighted by atomic mass is 35.5. The molecule has 0 saturated heterocycles. The first-order valence-electron chi connectivity index (χ1n) is 6.08. The maximum Gasteiger partial charge on any atom is 0.134 e. The molecule has 2 aromatic heterocycles. The molecular formula is C15H13ClN2O. The summed E-state index contributed by atoms with van der Waals surface area (Å²) in [6.07, 6.45) is 3.33. The number of benzene rings is 1. The summed E-state index contributed by atoms with van der Waals surface area (Å²) < 4.78 is 5.82. The van der Waals surface area contributed by atoms with E-state index in [1.165, 1.54) is 0 Å². The lowest BCUT2D eigenvalue weighted by Crippen LogP contribution is -2.05. The number of fused-ring (bicyclic) bond motifs is 1. The molecule has 1 unspecified atom stereocenters. The zero-order chi connectivity index (χ0) is 13.2. The minimum Gasteiger partial charge on any atom is -0.459 e. The van der Waals surface area contributed by atoms with Crippen LogP contribution in [0.1, 0.15) is 18.7 Å². The highest BCUT2D eigenvalue weighted by Crippen LogP contribution is 2.28. The third-order valence-electron chi connectivity index (χ3n) is 3.02. The van der Waals surface area contributed by atoms with E-state index in [1.807, 2.05) is 43.3 Å². The minimum absolute atomic E-state index is 0.0345. The molecule has 0 spiro atoms. The second-order valence-electron chi connectivity index (χ2n) is 4.41. The van der Waals surface area contributed by atoms with Gasteiger partial charge in [-0.15, -0.1) is 0 Å². The van der Waals surface area contributed by atoms with Crippen molar-refractivity contribution in [2.24, 2.45) is 0 Å². The maximum atomic E-state index is 6.08. The summed E-state index contributed by atoms with van der Waals surface area (Å²) in [6, 6.07) is 11.9. The zero-order valence-electron chi connectivity index (χ0n) is 10.4. The number of aromatic nitrogens is 1. The van der Waals surface area contributed by atoms with E-state index in [1.54, 1.807) is 12.4 Å². The molecule has 0 saturated carbocycles. The highest BCUT2D eigenvalue weighted by molar-refractivity contribution is 6.33. The quantitative estimate of drug-likeness (QED) is 0.754. The van der Waals surface area contributed by atoms with Crippen LogP contribution in [0.15, 0.2) is 53.2 Å². The van der Waals surface area contributed by atoms with Crippen LogP contribution in [0.2, 0.25) is 5.02 Å². The van der Waals surface area contributed by atoms with Gasteiger partial charge >= 0.3 is 0 Å². The van der Waals surface area contributed by atoms with Gasteiger partial charge in [-0.25, -0.2) is 0 Å². The summed E-state index contributed by atoms with van der Waals surface area (Å²) in [6.45, 7) is 2.04. The Morgan fingerprint density at radius 2 is 2.11 bits per heavy atom. The molecule has 3 nitrogen and oxygen atoms in total. The Bertz CT molecular complexity index is 675. The summed E-state index contributed by atoms with van der Waals surface area (Å²) in [7, 11) is 0. The molecule has 0 amide bonds. The number of hydrogen-bond acceptors (Lipinski definition) is 3. The Balaban J connectivity index is 1.87. The highest BCUT2D eigenvalue weighted by Gasteiger charge is 2.12. The van der Waals surface area contributed by atoms with Crippen LogP contribution < -0.4 is 5.32 Å². The molecule has 0 radical (unpaired) electrons. The number of para-hydroxylation sites is 1. The van der Waals surface area contributed by atoms with Crippen LogP contribution in [-0.4, -0.2) is 4.98 Å². The molecule has 0 fully saturated rings. The number of halogens is 1. The molecule has 3 rings (SSSR count). The van der Waals surface area contributed by atoms with Gasteiger partial charge < -0.3 is 9.73 Å². The Morgan fingerprint density at radius 1 is 1.26 bits per heavy atom. The zero-order valence-corrected chi connectivity index (χ0v) is 11.2. The lowest BCUT2D eigenvalue weighted by molar-refractivity contribution is 0.526. The first kappa shape index (κ1) is 12.1. The van der Waals surface area contributed by atoms with E-state index in [4.69, 9.17) is 16.0 Å². The third-order valence-corrected chi connectivity index (χ3v) is 3.32. The van der Waals surface area contributed by atoms with Crippen LogP contribution >= 0.6 is 11.6 Å². The van der Waals surface area contributed by atoms with Crippen molar-refractivity contribution in [2.75, 3.05) is 5.32 Å². The molecule has 19 heavy (non-hydrogen) atoms. The predicted octanol–water partition coefficient (Wildman–Crippen LogP) is 4.65. The molecule has 1 aromatic carbocycles. The van der Waals surface area contributed by atoms with Gasteiger partial charge in [0.25, 0.3) is 0 Å². The van der Waals surface area contributed by atoms with Gasteiger partial charge in [-0.1, -0.05) is 29.8 Å². The van der Waals surface area contributed by atoms with Crippen molar-refractivity contribution in [1.82, 2.24) is 4.98 Å². The Kier molecular flexibility index (Phi) is 3.13. The second kappa shape index (κ2) is 4.94. The van der Waals surface area contributed by atoms with E-state index in [-0.39, 0.29) is 6.04 Å². The fourth-order valence-electron chi connectivity index (χ4n) is 2.01. The predicted molar refractivity (Wildman–Crippen MR) is 77.5 cm³/mol. The molecule has 3 aromatic rings. The van der Waals surface area contributed by atoms with Gasteiger partial charge in [0, 0.05) is 17.8 Å². The average molecular weight is 273 g/mol. The standard InChI is InChI=1S/C15H13ClN2O/c1-10(18-13-6-7-17-9-12(13)16)15-8-11-4-2-3-5-14(11)19-15/h2-10H,1H3,(H,17,18). The van der Waals surface area contributed by atoms with Crippen LogP contribution in [-0.2, 0) is 0 Å². The molecule has 0 bridgehead atoms. The van der Waals surface area contributed by atoms with Gasteiger partial charge in [0.15, 0.2) is 0 Å². The first-order valence-corrected chi connectivity index (χ1v) is 6.46. The molecule has 4 heteroatoms. The van der Waals surface area contributed by atoms with Gasteiger partial charge in [0.2, 0.25) is 0 Å². The van der Waals surface area contributed by atoms with Crippen molar-refractivity contribution in [3.05, 3.63) is 59.6 Å². The second-order valence-corrected chi connectivity index (χ2v) is 4.82. The van der Waals surface area contributed by atoms with Crippen molar-refractivity contribution in [3.63, 3.8) is 0 Å². The number of nitrogens with zero attached hydrogens (tertiary/aromatic N) is 1. The van der Waals surface area contributed by atoms with Gasteiger partial charge in [-0.2, -0.15) is 0 Å². The molecule has 2 heterocycles. The minimum atomic E-state index is 0.0345. The van der Waals surface area contributed by atoms with Gasteiger partial charge in [-0.05, 0) is 25.1 Å². The number of nitrogens with one attached hydrogen (secondary N) is 1. The molecular weight excluding hydrogens is 260 g/mol.